The van der Waals surface area contributed by atoms with E-state index in [1.165, 1.54) is 12.1 Å². The normalized spacial score (nSPS) is 12.4. The Morgan fingerprint density at radius 1 is 1.47 bits per heavy atom. The SMILES string of the molecule is CCOc1c(Cl)ccc(/C(Cl)=C(/C)CO)c1F. The zero-order valence-electron chi connectivity index (χ0n) is 9.56. The van der Waals surface area contributed by atoms with Gasteiger partial charge in [-0.05, 0) is 31.6 Å². The summed E-state index contributed by atoms with van der Waals surface area (Å²) in [5.41, 5.74) is 0.654. The predicted octanol–water partition coefficient (Wildman–Crippen LogP) is 3.84. The molecule has 0 saturated heterocycles. The zero-order chi connectivity index (χ0) is 13.0. The molecule has 17 heavy (non-hydrogen) atoms. The highest BCUT2D eigenvalue weighted by molar-refractivity contribution is 6.49. The Labute approximate surface area is 110 Å². The lowest BCUT2D eigenvalue weighted by Crippen LogP contribution is -1.99. The maximum atomic E-state index is 14.1. The van der Waals surface area contributed by atoms with Crippen LogP contribution in [0.5, 0.6) is 5.75 Å². The van der Waals surface area contributed by atoms with E-state index in [9.17, 15) is 4.39 Å². The van der Waals surface area contributed by atoms with Crippen LogP contribution in [0.25, 0.3) is 5.03 Å². The standard InChI is InChI=1S/C12H13Cl2FO2/c1-3-17-12-9(13)5-4-8(11(12)15)10(14)7(2)6-16/h4-5,16H,3,6H2,1-2H3/b10-7+. The Balaban J connectivity index is 3.33. The van der Waals surface area contributed by atoms with Crippen LogP contribution in [-0.2, 0) is 0 Å². The molecule has 0 bridgehead atoms. The minimum atomic E-state index is -0.614. The summed E-state index contributed by atoms with van der Waals surface area (Å²) in [7, 11) is 0. The van der Waals surface area contributed by atoms with Gasteiger partial charge < -0.3 is 9.84 Å². The average Bonchev–Trinajstić information content (AvgIpc) is 2.32. The van der Waals surface area contributed by atoms with E-state index in [1.54, 1.807) is 13.8 Å². The molecule has 0 saturated carbocycles. The zero-order valence-corrected chi connectivity index (χ0v) is 11.1. The monoisotopic (exact) mass is 278 g/mol. The Morgan fingerprint density at radius 3 is 2.65 bits per heavy atom. The molecule has 1 rings (SSSR count). The van der Waals surface area contributed by atoms with Crippen molar-refractivity contribution in [1.29, 1.82) is 0 Å². The molecule has 0 unspecified atom stereocenters. The van der Waals surface area contributed by atoms with Crippen LogP contribution in [0.4, 0.5) is 4.39 Å². The molecule has 5 heteroatoms. The summed E-state index contributed by atoms with van der Waals surface area (Å²) in [5, 5.41) is 9.33. The number of aliphatic hydroxyl groups is 1. The van der Waals surface area contributed by atoms with Gasteiger partial charge in [-0.2, -0.15) is 0 Å². The second-order valence-electron chi connectivity index (χ2n) is 3.42. The van der Waals surface area contributed by atoms with E-state index in [0.717, 1.165) is 0 Å². The summed E-state index contributed by atoms with van der Waals surface area (Å²) in [5.74, 6) is -0.632. The van der Waals surface area contributed by atoms with E-state index in [-0.39, 0.29) is 28.0 Å². The van der Waals surface area contributed by atoms with Crippen molar-refractivity contribution in [3.63, 3.8) is 0 Å². The van der Waals surface area contributed by atoms with Gasteiger partial charge in [0.25, 0.3) is 0 Å². The van der Waals surface area contributed by atoms with Crippen LogP contribution in [-0.4, -0.2) is 18.3 Å². The molecule has 0 aromatic heterocycles. The minimum absolute atomic E-state index is 0.0180. The summed E-state index contributed by atoms with van der Waals surface area (Å²) in [6.07, 6.45) is 0. The number of halogens is 3. The van der Waals surface area contributed by atoms with Crippen LogP contribution >= 0.6 is 23.2 Å². The van der Waals surface area contributed by atoms with Gasteiger partial charge in [-0.25, -0.2) is 4.39 Å². The lowest BCUT2D eigenvalue weighted by Gasteiger charge is -2.11. The first-order valence-corrected chi connectivity index (χ1v) is 5.85. The molecule has 1 aromatic rings. The first kappa shape index (κ1) is 14.3. The van der Waals surface area contributed by atoms with Crippen molar-refractivity contribution in [3.05, 3.63) is 34.1 Å². The third kappa shape index (κ3) is 3.12. The number of hydrogen-bond donors (Lipinski definition) is 1. The summed E-state index contributed by atoms with van der Waals surface area (Å²) in [4.78, 5) is 0. The Morgan fingerprint density at radius 2 is 2.12 bits per heavy atom. The molecular weight excluding hydrogens is 266 g/mol. The number of aliphatic hydroxyl groups excluding tert-OH is 1. The Bertz CT molecular complexity index is 444. The second kappa shape index (κ2) is 6.24. The predicted molar refractivity (Wildman–Crippen MR) is 68.1 cm³/mol. The maximum Gasteiger partial charge on any atom is 0.175 e. The lowest BCUT2D eigenvalue weighted by molar-refractivity contribution is 0.321. The number of benzene rings is 1. The molecular formula is C12H13Cl2FO2. The molecule has 0 amide bonds. The van der Waals surface area contributed by atoms with Gasteiger partial charge in [0, 0.05) is 5.56 Å². The molecule has 0 fully saturated rings. The van der Waals surface area contributed by atoms with Gasteiger partial charge in [0.15, 0.2) is 11.6 Å². The van der Waals surface area contributed by atoms with Gasteiger partial charge in [-0.1, -0.05) is 23.2 Å². The number of hydrogen-bond acceptors (Lipinski definition) is 2. The smallest absolute Gasteiger partial charge is 0.175 e. The Hall–Kier alpha value is -0.770. The fraction of sp³-hybridized carbons (Fsp3) is 0.333. The molecule has 94 valence electrons. The molecule has 1 aromatic carbocycles. The van der Waals surface area contributed by atoms with Crippen LogP contribution in [0.2, 0.25) is 5.02 Å². The largest absolute Gasteiger partial charge is 0.489 e. The van der Waals surface area contributed by atoms with Crippen molar-refractivity contribution in [3.8, 4) is 5.75 Å². The van der Waals surface area contributed by atoms with Crippen molar-refractivity contribution >= 4 is 28.2 Å². The fourth-order valence-electron chi connectivity index (χ4n) is 1.28. The molecule has 0 radical (unpaired) electrons. The first-order chi connectivity index (χ1) is 8.02. The van der Waals surface area contributed by atoms with Gasteiger partial charge in [0.1, 0.15) is 0 Å². The highest BCUT2D eigenvalue weighted by atomic mass is 35.5. The van der Waals surface area contributed by atoms with Crippen molar-refractivity contribution in [1.82, 2.24) is 0 Å². The number of rotatable bonds is 4. The summed E-state index contributed by atoms with van der Waals surface area (Å²) in [6.45, 7) is 3.43. The van der Waals surface area contributed by atoms with E-state index in [0.29, 0.717) is 12.2 Å². The third-order valence-corrected chi connectivity index (χ3v) is 3.01. The molecule has 0 aliphatic rings. The van der Waals surface area contributed by atoms with Crippen LogP contribution in [0.1, 0.15) is 19.4 Å². The van der Waals surface area contributed by atoms with E-state index >= 15 is 0 Å². The third-order valence-electron chi connectivity index (χ3n) is 2.19. The summed E-state index contributed by atoms with van der Waals surface area (Å²) in [6, 6.07) is 2.97. The van der Waals surface area contributed by atoms with E-state index in [1.807, 2.05) is 0 Å². The molecule has 2 nitrogen and oxygen atoms in total. The molecule has 1 N–H and O–H groups in total. The van der Waals surface area contributed by atoms with E-state index in [4.69, 9.17) is 33.0 Å². The molecule has 0 atom stereocenters. The molecule has 0 aliphatic heterocycles. The maximum absolute atomic E-state index is 14.1. The molecule has 0 spiro atoms. The highest BCUT2D eigenvalue weighted by Crippen LogP contribution is 2.35. The van der Waals surface area contributed by atoms with Crippen LogP contribution in [0.15, 0.2) is 17.7 Å². The molecule has 0 heterocycles. The average molecular weight is 279 g/mol. The van der Waals surface area contributed by atoms with Crippen molar-refractivity contribution in [2.24, 2.45) is 0 Å². The quantitative estimate of drug-likeness (QED) is 0.907. The fourth-order valence-corrected chi connectivity index (χ4v) is 1.68. The van der Waals surface area contributed by atoms with Crippen LogP contribution < -0.4 is 4.74 Å². The summed E-state index contributed by atoms with van der Waals surface area (Å²) >= 11 is 11.8. The van der Waals surface area contributed by atoms with Gasteiger partial charge in [-0.3, -0.25) is 0 Å². The first-order valence-electron chi connectivity index (χ1n) is 5.10. The topological polar surface area (TPSA) is 29.5 Å². The van der Waals surface area contributed by atoms with Crippen molar-refractivity contribution in [2.75, 3.05) is 13.2 Å². The van der Waals surface area contributed by atoms with Gasteiger partial charge in [0.05, 0.1) is 23.3 Å². The van der Waals surface area contributed by atoms with Crippen LogP contribution in [0.3, 0.4) is 0 Å². The minimum Gasteiger partial charge on any atom is -0.489 e. The number of ether oxygens (including phenoxy) is 1. The summed E-state index contributed by atoms with van der Waals surface area (Å²) < 4.78 is 19.2. The van der Waals surface area contributed by atoms with Gasteiger partial charge in [-0.15, -0.1) is 0 Å². The second-order valence-corrected chi connectivity index (χ2v) is 4.21. The van der Waals surface area contributed by atoms with Gasteiger partial charge in [0.2, 0.25) is 0 Å². The lowest BCUT2D eigenvalue weighted by atomic mass is 10.1. The van der Waals surface area contributed by atoms with E-state index < -0.39 is 5.82 Å². The highest BCUT2D eigenvalue weighted by Gasteiger charge is 2.16. The molecule has 0 aliphatic carbocycles. The van der Waals surface area contributed by atoms with Crippen molar-refractivity contribution < 1.29 is 14.2 Å². The van der Waals surface area contributed by atoms with Crippen LogP contribution in [0, 0.1) is 5.82 Å². The Kier molecular flexibility index (Phi) is 5.25. The van der Waals surface area contributed by atoms with Gasteiger partial charge >= 0.3 is 0 Å². The van der Waals surface area contributed by atoms with Crippen molar-refractivity contribution in [2.45, 2.75) is 13.8 Å². The van der Waals surface area contributed by atoms with E-state index in [2.05, 4.69) is 0 Å².